The Bertz CT molecular complexity index is 864. The highest BCUT2D eigenvalue weighted by Gasteiger charge is 2.29. The van der Waals surface area contributed by atoms with Gasteiger partial charge in [-0.1, -0.05) is 23.7 Å². The van der Waals surface area contributed by atoms with Crippen LogP contribution in [0.15, 0.2) is 29.8 Å². The lowest BCUT2D eigenvalue weighted by atomic mass is 9.84. The molecule has 0 saturated heterocycles. The maximum Gasteiger partial charge on any atom is 0.130 e. The zero-order valence-electron chi connectivity index (χ0n) is 13.9. The van der Waals surface area contributed by atoms with Crippen molar-refractivity contribution < 1.29 is 4.74 Å². The average molecular weight is 326 g/mol. The van der Waals surface area contributed by atoms with Gasteiger partial charge >= 0.3 is 0 Å². The monoisotopic (exact) mass is 325 g/mol. The van der Waals surface area contributed by atoms with Crippen LogP contribution in [0, 0.1) is 6.92 Å². The standard InChI is InChI=1S/C20H20ClNO/c1-11-7-13(21)9-16-14-5-6-18-15(17(14)10-23-19(11)16)8-12(2)20(3,4)22-18/h5-9,22H,10H2,1-4H3. The first-order chi connectivity index (χ1) is 10.9. The average Bonchev–Trinajstić information content (AvgIpc) is 2.47. The van der Waals surface area contributed by atoms with E-state index in [2.05, 4.69) is 44.3 Å². The summed E-state index contributed by atoms with van der Waals surface area (Å²) in [6, 6.07) is 8.32. The molecule has 23 heavy (non-hydrogen) atoms. The Kier molecular flexibility index (Phi) is 3.05. The molecule has 0 bridgehead atoms. The van der Waals surface area contributed by atoms with Crippen molar-refractivity contribution in [2.24, 2.45) is 0 Å². The van der Waals surface area contributed by atoms with Crippen LogP contribution in [0.3, 0.4) is 0 Å². The molecule has 0 atom stereocenters. The summed E-state index contributed by atoms with van der Waals surface area (Å²) in [4.78, 5) is 0. The fraction of sp³-hybridized carbons (Fsp3) is 0.300. The third kappa shape index (κ3) is 2.16. The molecule has 2 aromatic rings. The van der Waals surface area contributed by atoms with E-state index in [1.165, 1.54) is 28.0 Å². The SMILES string of the molecule is CC1=Cc2c(ccc3c2COc2c(C)cc(Cl)cc2-3)NC1(C)C. The van der Waals surface area contributed by atoms with Crippen molar-refractivity contribution in [1.82, 2.24) is 0 Å². The van der Waals surface area contributed by atoms with E-state index in [1.807, 2.05) is 19.1 Å². The van der Waals surface area contributed by atoms with Gasteiger partial charge in [-0.25, -0.2) is 0 Å². The largest absolute Gasteiger partial charge is 0.488 e. The Morgan fingerprint density at radius 2 is 1.91 bits per heavy atom. The van der Waals surface area contributed by atoms with Crippen molar-refractivity contribution in [3.63, 3.8) is 0 Å². The molecule has 2 aromatic carbocycles. The van der Waals surface area contributed by atoms with E-state index in [0.717, 1.165) is 21.9 Å². The number of aryl methyl sites for hydroxylation is 1. The van der Waals surface area contributed by atoms with Crippen LogP contribution in [0.5, 0.6) is 5.75 Å². The Morgan fingerprint density at radius 3 is 2.70 bits per heavy atom. The Morgan fingerprint density at radius 1 is 1.13 bits per heavy atom. The molecule has 0 amide bonds. The van der Waals surface area contributed by atoms with Crippen molar-refractivity contribution in [1.29, 1.82) is 0 Å². The van der Waals surface area contributed by atoms with Crippen LogP contribution in [0.2, 0.25) is 5.02 Å². The minimum atomic E-state index is -0.0193. The summed E-state index contributed by atoms with van der Waals surface area (Å²) >= 11 is 6.27. The second-order valence-corrected chi connectivity index (χ2v) is 7.45. The molecule has 2 nitrogen and oxygen atoms in total. The Labute approximate surface area is 142 Å². The number of hydrogen-bond acceptors (Lipinski definition) is 2. The van der Waals surface area contributed by atoms with Gasteiger partial charge in [0.25, 0.3) is 0 Å². The van der Waals surface area contributed by atoms with Crippen molar-refractivity contribution in [3.05, 3.63) is 51.6 Å². The highest BCUT2D eigenvalue weighted by Crippen LogP contribution is 2.46. The number of fused-ring (bicyclic) bond motifs is 5. The first-order valence-electron chi connectivity index (χ1n) is 7.93. The molecule has 0 fully saturated rings. The molecule has 1 N–H and O–H groups in total. The smallest absolute Gasteiger partial charge is 0.130 e. The molecular formula is C20H20ClNO. The predicted octanol–water partition coefficient (Wildman–Crippen LogP) is 5.82. The van der Waals surface area contributed by atoms with Gasteiger partial charge in [0.05, 0.1) is 5.54 Å². The van der Waals surface area contributed by atoms with Crippen LogP contribution < -0.4 is 10.1 Å². The van der Waals surface area contributed by atoms with Crippen LogP contribution >= 0.6 is 11.6 Å². The third-order valence-electron chi connectivity index (χ3n) is 5.04. The van der Waals surface area contributed by atoms with Crippen molar-refractivity contribution in [3.8, 4) is 16.9 Å². The maximum atomic E-state index is 6.27. The highest BCUT2D eigenvalue weighted by molar-refractivity contribution is 6.31. The molecule has 0 aromatic heterocycles. The lowest BCUT2D eigenvalue weighted by Gasteiger charge is -2.36. The molecule has 4 rings (SSSR count). The summed E-state index contributed by atoms with van der Waals surface area (Å²) in [5.74, 6) is 0.951. The maximum absolute atomic E-state index is 6.27. The van der Waals surface area contributed by atoms with Crippen LogP contribution in [0.1, 0.15) is 37.5 Å². The summed E-state index contributed by atoms with van der Waals surface area (Å²) in [5, 5.41) is 4.38. The number of halogens is 1. The van der Waals surface area contributed by atoms with Crippen LogP contribution in [-0.4, -0.2) is 5.54 Å². The molecule has 118 valence electrons. The van der Waals surface area contributed by atoms with Crippen LogP contribution in [0.25, 0.3) is 17.2 Å². The molecule has 0 unspecified atom stereocenters. The van der Waals surface area contributed by atoms with E-state index in [-0.39, 0.29) is 5.54 Å². The van der Waals surface area contributed by atoms with E-state index in [4.69, 9.17) is 16.3 Å². The van der Waals surface area contributed by atoms with Crippen molar-refractivity contribution >= 4 is 23.4 Å². The molecule has 0 aliphatic carbocycles. The third-order valence-corrected chi connectivity index (χ3v) is 5.26. The lowest BCUT2D eigenvalue weighted by Crippen LogP contribution is -2.35. The van der Waals surface area contributed by atoms with Gasteiger partial charge in [-0.3, -0.25) is 0 Å². The van der Waals surface area contributed by atoms with Gasteiger partial charge in [0.2, 0.25) is 0 Å². The second-order valence-electron chi connectivity index (χ2n) is 7.02. The van der Waals surface area contributed by atoms with Gasteiger partial charge in [-0.2, -0.15) is 0 Å². The van der Waals surface area contributed by atoms with E-state index < -0.39 is 0 Å². The first-order valence-corrected chi connectivity index (χ1v) is 8.31. The normalized spacial score (nSPS) is 17.2. The zero-order valence-corrected chi connectivity index (χ0v) is 14.6. The highest BCUT2D eigenvalue weighted by atomic mass is 35.5. The quantitative estimate of drug-likeness (QED) is 0.659. The van der Waals surface area contributed by atoms with Crippen LogP contribution in [-0.2, 0) is 6.61 Å². The lowest BCUT2D eigenvalue weighted by molar-refractivity contribution is 0.300. The van der Waals surface area contributed by atoms with Crippen molar-refractivity contribution in [2.45, 2.75) is 39.8 Å². The molecule has 0 spiro atoms. The summed E-state index contributed by atoms with van der Waals surface area (Å²) < 4.78 is 6.07. The molecule has 3 heteroatoms. The van der Waals surface area contributed by atoms with E-state index in [9.17, 15) is 0 Å². The topological polar surface area (TPSA) is 21.3 Å². The summed E-state index contributed by atoms with van der Waals surface area (Å²) in [6.45, 7) is 9.22. The number of benzene rings is 2. The summed E-state index contributed by atoms with van der Waals surface area (Å²) in [7, 11) is 0. The van der Waals surface area contributed by atoms with Crippen molar-refractivity contribution in [2.75, 3.05) is 5.32 Å². The van der Waals surface area contributed by atoms with Gasteiger partial charge < -0.3 is 10.1 Å². The minimum Gasteiger partial charge on any atom is -0.488 e. The molecule has 0 saturated carbocycles. The molecule has 0 radical (unpaired) electrons. The van der Waals surface area contributed by atoms with Gasteiger partial charge in [0.15, 0.2) is 0 Å². The number of ether oxygens (including phenoxy) is 1. The van der Waals surface area contributed by atoms with E-state index in [1.54, 1.807) is 0 Å². The fourth-order valence-electron chi connectivity index (χ4n) is 3.44. The number of hydrogen-bond donors (Lipinski definition) is 1. The minimum absolute atomic E-state index is 0.0193. The van der Waals surface area contributed by atoms with Gasteiger partial charge in [-0.05, 0) is 62.6 Å². The summed E-state index contributed by atoms with van der Waals surface area (Å²) in [5.41, 5.74) is 8.35. The molecule has 2 aliphatic rings. The second kappa shape index (κ2) is 4.78. The van der Waals surface area contributed by atoms with Crippen LogP contribution in [0.4, 0.5) is 5.69 Å². The van der Waals surface area contributed by atoms with E-state index in [0.29, 0.717) is 6.61 Å². The summed E-state index contributed by atoms with van der Waals surface area (Å²) in [6.07, 6.45) is 2.29. The zero-order chi connectivity index (χ0) is 16.4. The number of rotatable bonds is 0. The Balaban J connectivity index is 1.96. The number of anilines is 1. The Hall–Kier alpha value is -1.93. The molecular weight excluding hydrogens is 306 g/mol. The molecule has 2 aliphatic heterocycles. The van der Waals surface area contributed by atoms with E-state index >= 15 is 0 Å². The first kappa shape index (κ1) is 14.6. The van der Waals surface area contributed by atoms with Gasteiger partial charge in [0, 0.05) is 27.4 Å². The molecule has 2 heterocycles. The number of nitrogens with one attached hydrogen (secondary N) is 1. The van der Waals surface area contributed by atoms with Gasteiger partial charge in [-0.15, -0.1) is 0 Å². The fourth-order valence-corrected chi connectivity index (χ4v) is 3.72. The predicted molar refractivity (Wildman–Crippen MR) is 97.3 cm³/mol. The van der Waals surface area contributed by atoms with Gasteiger partial charge in [0.1, 0.15) is 12.4 Å².